The molecule has 1 aliphatic rings. The second-order valence-electron chi connectivity index (χ2n) is 5.79. The molecule has 0 unspecified atom stereocenters. The number of carbonyl (C=O) groups excluding carboxylic acids is 1. The molecule has 0 radical (unpaired) electrons. The fourth-order valence-electron chi connectivity index (χ4n) is 3.02. The molecule has 122 valence electrons. The summed E-state index contributed by atoms with van der Waals surface area (Å²) in [5, 5.41) is 9.64. The van der Waals surface area contributed by atoms with E-state index in [4.69, 9.17) is 0 Å². The molecule has 0 bridgehead atoms. The Hall–Kier alpha value is -2.44. The summed E-state index contributed by atoms with van der Waals surface area (Å²) in [7, 11) is 1.73. The third-order valence-corrected chi connectivity index (χ3v) is 4.04. The number of benzene rings is 1. The van der Waals surface area contributed by atoms with Gasteiger partial charge >= 0.3 is 6.03 Å². The summed E-state index contributed by atoms with van der Waals surface area (Å²) in [6, 6.07) is 3.11. The number of amides is 2. The molecule has 0 spiro atoms. The smallest absolute Gasteiger partial charge is 0.320 e. The van der Waals surface area contributed by atoms with Gasteiger partial charge in [0.05, 0.1) is 11.7 Å². The Morgan fingerprint density at radius 2 is 2.13 bits per heavy atom. The van der Waals surface area contributed by atoms with Crippen molar-refractivity contribution in [3.05, 3.63) is 46.7 Å². The second kappa shape index (κ2) is 5.98. The lowest BCUT2D eigenvalue weighted by molar-refractivity contribution is 0.246. The molecule has 2 aromatic rings. The molecular formula is C16H18F2N4O. The molecule has 5 nitrogen and oxygen atoms in total. The number of rotatable bonds is 2. The molecule has 1 aromatic carbocycles. The first-order valence-electron chi connectivity index (χ1n) is 7.50. The third kappa shape index (κ3) is 3.18. The number of nitrogens with one attached hydrogen (secondary N) is 2. The van der Waals surface area contributed by atoms with Crippen LogP contribution in [0, 0.1) is 18.6 Å². The average molecular weight is 320 g/mol. The quantitative estimate of drug-likeness (QED) is 0.892. The number of aromatic nitrogens is 2. The Balaban J connectivity index is 1.77. The van der Waals surface area contributed by atoms with E-state index in [1.54, 1.807) is 17.8 Å². The van der Waals surface area contributed by atoms with Crippen molar-refractivity contribution in [1.29, 1.82) is 0 Å². The van der Waals surface area contributed by atoms with Crippen LogP contribution in [0.3, 0.4) is 0 Å². The van der Waals surface area contributed by atoms with Gasteiger partial charge in [-0.2, -0.15) is 5.10 Å². The predicted molar refractivity (Wildman–Crippen MR) is 82.1 cm³/mol. The zero-order chi connectivity index (χ0) is 16.6. The van der Waals surface area contributed by atoms with Gasteiger partial charge in [0, 0.05) is 19.2 Å². The first-order chi connectivity index (χ1) is 10.9. The van der Waals surface area contributed by atoms with Crippen molar-refractivity contribution in [3.8, 4) is 0 Å². The molecule has 1 heterocycles. The number of nitrogens with zero attached hydrogens (tertiary/aromatic N) is 2. The van der Waals surface area contributed by atoms with Gasteiger partial charge < -0.3 is 5.32 Å². The minimum absolute atomic E-state index is 0.404. The van der Waals surface area contributed by atoms with Crippen LogP contribution in [-0.4, -0.2) is 15.8 Å². The van der Waals surface area contributed by atoms with E-state index >= 15 is 0 Å². The minimum Gasteiger partial charge on any atom is -0.331 e. The average Bonchev–Trinajstić information content (AvgIpc) is 2.77. The summed E-state index contributed by atoms with van der Waals surface area (Å²) in [4.78, 5) is 12.2. The van der Waals surface area contributed by atoms with E-state index in [2.05, 4.69) is 15.7 Å². The Labute approximate surface area is 132 Å². The Morgan fingerprint density at radius 3 is 2.83 bits per heavy atom. The van der Waals surface area contributed by atoms with E-state index in [0.29, 0.717) is 29.8 Å². The van der Waals surface area contributed by atoms with E-state index in [1.165, 1.54) is 6.07 Å². The highest BCUT2D eigenvalue weighted by molar-refractivity contribution is 5.88. The fraction of sp³-hybridized carbons (Fsp3) is 0.375. The van der Waals surface area contributed by atoms with Crippen LogP contribution in [0.25, 0.3) is 0 Å². The van der Waals surface area contributed by atoms with Crippen molar-refractivity contribution >= 4 is 11.8 Å². The molecule has 2 N–H and O–H groups in total. The number of anilines is 1. The molecule has 2 amide bonds. The maximum absolute atomic E-state index is 13.9. The largest absolute Gasteiger partial charge is 0.331 e. The molecular weight excluding hydrogens is 302 g/mol. The first kappa shape index (κ1) is 15.5. The van der Waals surface area contributed by atoms with Gasteiger partial charge in [-0.05, 0) is 43.4 Å². The number of carbonyl (C=O) groups is 1. The lowest BCUT2D eigenvalue weighted by atomic mass is 9.87. The summed E-state index contributed by atoms with van der Waals surface area (Å²) in [6.07, 6.45) is 1.95. The van der Waals surface area contributed by atoms with Gasteiger partial charge in [0.2, 0.25) is 0 Å². The summed E-state index contributed by atoms with van der Waals surface area (Å²) >= 11 is 0. The molecule has 1 aromatic heterocycles. The van der Waals surface area contributed by atoms with Gasteiger partial charge in [-0.3, -0.25) is 10.00 Å². The summed E-state index contributed by atoms with van der Waals surface area (Å²) in [5.41, 5.74) is 1.79. The van der Waals surface area contributed by atoms with Crippen molar-refractivity contribution < 1.29 is 13.6 Å². The predicted octanol–water partition coefficient (Wildman–Crippen LogP) is 3.21. The number of urea groups is 1. The second-order valence-corrected chi connectivity index (χ2v) is 5.79. The van der Waals surface area contributed by atoms with Gasteiger partial charge in [0.15, 0.2) is 0 Å². The Kier molecular flexibility index (Phi) is 4.02. The van der Waals surface area contributed by atoms with Crippen LogP contribution in [0.5, 0.6) is 0 Å². The van der Waals surface area contributed by atoms with E-state index in [9.17, 15) is 13.6 Å². The molecule has 7 heteroatoms. The van der Waals surface area contributed by atoms with E-state index in [1.807, 2.05) is 6.92 Å². The molecule has 23 heavy (non-hydrogen) atoms. The molecule has 3 rings (SSSR count). The van der Waals surface area contributed by atoms with Crippen molar-refractivity contribution in [3.63, 3.8) is 0 Å². The van der Waals surface area contributed by atoms with Crippen LogP contribution in [-0.2, 0) is 13.5 Å². The zero-order valence-corrected chi connectivity index (χ0v) is 13.0. The zero-order valence-electron chi connectivity index (χ0n) is 13.0. The number of aryl methyl sites for hydroxylation is 2. The molecule has 0 saturated heterocycles. The SMILES string of the molecule is Cc1cc(NC(=O)N[C@@H]2CCCc3c(F)cc(F)cc32)n(C)n1. The normalized spacial score (nSPS) is 16.8. The summed E-state index contributed by atoms with van der Waals surface area (Å²) in [6.45, 7) is 1.83. The van der Waals surface area contributed by atoms with Crippen molar-refractivity contribution in [2.45, 2.75) is 32.2 Å². The van der Waals surface area contributed by atoms with E-state index in [-0.39, 0.29) is 0 Å². The highest BCUT2D eigenvalue weighted by atomic mass is 19.1. The summed E-state index contributed by atoms with van der Waals surface area (Å²) in [5.74, 6) is -0.617. The summed E-state index contributed by atoms with van der Waals surface area (Å²) < 4.78 is 28.9. The van der Waals surface area contributed by atoms with Gasteiger partial charge in [-0.15, -0.1) is 0 Å². The fourth-order valence-corrected chi connectivity index (χ4v) is 3.02. The Bertz CT molecular complexity index is 757. The lowest BCUT2D eigenvalue weighted by Gasteiger charge is -2.26. The van der Waals surface area contributed by atoms with Gasteiger partial charge in [-0.25, -0.2) is 13.6 Å². The Morgan fingerprint density at radius 1 is 1.35 bits per heavy atom. The number of hydrogen-bond donors (Lipinski definition) is 2. The molecule has 0 fully saturated rings. The maximum Gasteiger partial charge on any atom is 0.320 e. The first-order valence-corrected chi connectivity index (χ1v) is 7.50. The van der Waals surface area contributed by atoms with Crippen molar-refractivity contribution in [1.82, 2.24) is 15.1 Å². The standard InChI is InChI=1S/C16H18F2N4O/c1-9-6-15(22(2)21-9)20-16(23)19-14-5-3-4-11-12(14)7-10(17)8-13(11)18/h6-8,14H,3-5H2,1-2H3,(H2,19,20,23)/t14-/m1/s1. The molecule has 1 atom stereocenters. The van der Waals surface area contributed by atoms with Crippen LogP contribution >= 0.6 is 0 Å². The van der Waals surface area contributed by atoms with Crippen LogP contribution in [0.2, 0.25) is 0 Å². The highest BCUT2D eigenvalue weighted by Gasteiger charge is 2.25. The molecule has 0 aliphatic heterocycles. The third-order valence-electron chi connectivity index (χ3n) is 4.04. The van der Waals surface area contributed by atoms with E-state index in [0.717, 1.165) is 18.2 Å². The number of hydrogen-bond acceptors (Lipinski definition) is 2. The van der Waals surface area contributed by atoms with Crippen LogP contribution < -0.4 is 10.6 Å². The van der Waals surface area contributed by atoms with Crippen molar-refractivity contribution in [2.24, 2.45) is 7.05 Å². The number of halogens is 2. The maximum atomic E-state index is 13.9. The van der Waals surface area contributed by atoms with E-state index < -0.39 is 23.7 Å². The minimum atomic E-state index is -0.627. The van der Waals surface area contributed by atoms with Crippen LogP contribution in [0.1, 0.15) is 35.7 Å². The topological polar surface area (TPSA) is 59.0 Å². The van der Waals surface area contributed by atoms with Gasteiger partial charge in [0.1, 0.15) is 17.5 Å². The van der Waals surface area contributed by atoms with Crippen LogP contribution in [0.4, 0.5) is 19.4 Å². The molecule has 1 aliphatic carbocycles. The van der Waals surface area contributed by atoms with Gasteiger partial charge in [0.25, 0.3) is 0 Å². The highest BCUT2D eigenvalue weighted by Crippen LogP contribution is 2.32. The van der Waals surface area contributed by atoms with Crippen LogP contribution in [0.15, 0.2) is 18.2 Å². The monoisotopic (exact) mass is 320 g/mol. The van der Waals surface area contributed by atoms with Gasteiger partial charge in [-0.1, -0.05) is 0 Å². The number of fused-ring (bicyclic) bond motifs is 1. The molecule has 0 saturated carbocycles. The van der Waals surface area contributed by atoms with Crippen molar-refractivity contribution in [2.75, 3.05) is 5.32 Å². The lowest BCUT2D eigenvalue weighted by Crippen LogP contribution is -2.35.